The molecule has 0 aliphatic carbocycles. The van der Waals surface area contributed by atoms with E-state index in [4.69, 9.17) is 5.11 Å². The minimum Gasteiger partial charge on any atom is -0.508 e. The van der Waals surface area contributed by atoms with Gasteiger partial charge in [-0.05, 0) is 25.0 Å². The lowest BCUT2D eigenvalue weighted by molar-refractivity contribution is 0.0932. The van der Waals surface area contributed by atoms with Gasteiger partial charge in [-0.15, -0.1) is 0 Å². The number of rotatable bonds is 2. The van der Waals surface area contributed by atoms with Crippen LogP contribution in [0.4, 0.5) is 0 Å². The summed E-state index contributed by atoms with van der Waals surface area (Å²) in [5.74, 6) is 0.508. The first kappa shape index (κ1) is 12.9. The molecule has 1 heterocycles. The molecule has 1 saturated heterocycles. The maximum absolute atomic E-state index is 11.9. The third-order valence-electron chi connectivity index (χ3n) is 2.95. The number of phenolic OH excluding ortho intramolecular Hbond substituents is 2. The smallest absolute Gasteiger partial charge is 0.255 e. The summed E-state index contributed by atoms with van der Waals surface area (Å²) in [7, 11) is -0.761. The van der Waals surface area contributed by atoms with Crippen molar-refractivity contribution in [2.75, 3.05) is 11.5 Å². The Hall–Kier alpha value is -1.56. The van der Waals surface area contributed by atoms with Crippen LogP contribution in [0.25, 0.3) is 0 Å². The number of hydrogen-bond donors (Lipinski definition) is 3. The molecule has 0 aromatic heterocycles. The van der Waals surface area contributed by atoms with Crippen LogP contribution in [-0.2, 0) is 10.8 Å². The maximum atomic E-state index is 11.9. The van der Waals surface area contributed by atoms with E-state index < -0.39 is 10.8 Å². The van der Waals surface area contributed by atoms with Crippen molar-refractivity contribution in [2.24, 2.45) is 0 Å². The van der Waals surface area contributed by atoms with Gasteiger partial charge in [-0.2, -0.15) is 0 Å². The summed E-state index contributed by atoms with van der Waals surface area (Å²) in [6.45, 7) is 0. The quantitative estimate of drug-likeness (QED) is 0.739. The van der Waals surface area contributed by atoms with Gasteiger partial charge >= 0.3 is 0 Å². The zero-order valence-corrected chi connectivity index (χ0v) is 10.6. The summed E-state index contributed by atoms with van der Waals surface area (Å²) in [5, 5.41) is 21.5. The Morgan fingerprint density at radius 1 is 1.28 bits per heavy atom. The standard InChI is InChI=1S/C12H15NO4S/c14-9-1-2-10(11(15)7-9)12(16)13-8-3-5-18(17)6-4-8/h1-2,7-8,14-15H,3-6H2,(H,13,16). The number of phenols is 2. The number of carbonyl (C=O) groups excluding carboxylic acids is 1. The zero-order valence-electron chi connectivity index (χ0n) is 9.76. The normalized spacial score (nSPS) is 23.6. The first-order chi connectivity index (χ1) is 8.56. The van der Waals surface area contributed by atoms with Crippen LogP contribution in [0.5, 0.6) is 11.5 Å². The Bertz CT molecular complexity index is 479. The highest BCUT2D eigenvalue weighted by atomic mass is 32.2. The number of carbonyl (C=O) groups is 1. The van der Waals surface area contributed by atoms with E-state index in [0.29, 0.717) is 24.3 Å². The molecule has 5 nitrogen and oxygen atoms in total. The second-order valence-corrected chi connectivity index (χ2v) is 5.99. The molecule has 1 aliphatic rings. The second-order valence-electron chi connectivity index (χ2n) is 4.30. The van der Waals surface area contributed by atoms with Gasteiger partial charge in [0.05, 0.1) is 5.56 Å². The molecule has 0 spiro atoms. The highest BCUT2D eigenvalue weighted by Gasteiger charge is 2.21. The van der Waals surface area contributed by atoms with Crippen LogP contribution in [-0.4, -0.2) is 37.9 Å². The molecule has 0 bridgehead atoms. The van der Waals surface area contributed by atoms with E-state index >= 15 is 0 Å². The number of amides is 1. The lowest BCUT2D eigenvalue weighted by Crippen LogP contribution is -2.39. The van der Waals surface area contributed by atoms with Crippen LogP contribution in [0.2, 0.25) is 0 Å². The summed E-state index contributed by atoms with van der Waals surface area (Å²) in [5.41, 5.74) is 0.138. The van der Waals surface area contributed by atoms with Crippen LogP contribution in [0.1, 0.15) is 23.2 Å². The molecule has 6 heteroatoms. The molecule has 1 aliphatic heterocycles. The molecular formula is C12H15NO4S. The predicted molar refractivity (Wildman–Crippen MR) is 68.1 cm³/mol. The first-order valence-corrected chi connectivity index (χ1v) is 7.23. The number of nitrogens with one attached hydrogen (secondary N) is 1. The van der Waals surface area contributed by atoms with Crippen LogP contribution in [0.15, 0.2) is 18.2 Å². The van der Waals surface area contributed by atoms with Crippen LogP contribution < -0.4 is 5.32 Å². The van der Waals surface area contributed by atoms with Crippen LogP contribution in [0, 0.1) is 0 Å². The van der Waals surface area contributed by atoms with Crippen molar-refractivity contribution in [3.05, 3.63) is 23.8 Å². The Morgan fingerprint density at radius 3 is 2.56 bits per heavy atom. The average Bonchev–Trinajstić information content (AvgIpc) is 2.32. The van der Waals surface area contributed by atoms with Gasteiger partial charge in [0.2, 0.25) is 0 Å². The van der Waals surface area contributed by atoms with E-state index in [9.17, 15) is 14.1 Å². The monoisotopic (exact) mass is 269 g/mol. The first-order valence-electron chi connectivity index (χ1n) is 5.74. The molecular weight excluding hydrogens is 254 g/mol. The van der Waals surface area contributed by atoms with Gasteiger partial charge in [0.15, 0.2) is 0 Å². The van der Waals surface area contributed by atoms with Gasteiger partial charge < -0.3 is 15.5 Å². The third-order valence-corrected chi connectivity index (χ3v) is 4.33. The Kier molecular flexibility index (Phi) is 3.86. The second kappa shape index (κ2) is 5.39. The Balaban J connectivity index is 2.01. The van der Waals surface area contributed by atoms with Gasteiger partial charge in [0.1, 0.15) is 11.5 Å². The van der Waals surface area contributed by atoms with E-state index in [1.165, 1.54) is 12.1 Å². The summed E-state index contributed by atoms with van der Waals surface area (Å²) < 4.78 is 11.2. The fourth-order valence-corrected chi connectivity index (χ4v) is 3.21. The average molecular weight is 269 g/mol. The third kappa shape index (κ3) is 3.01. The lowest BCUT2D eigenvalue weighted by atomic mass is 10.1. The van der Waals surface area contributed by atoms with Gasteiger partial charge in [-0.25, -0.2) is 0 Å². The molecule has 98 valence electrons. The van der Waals surface area contributed by atoms with Crippen molar-refractivity contribution in [1.29, 1.82) is 0 Å². The molecule has 1 fully saturated rings. The number of benzene rings is 1. The molecule has 1 aromatic carbocycles. The molecule has 3 N–H and O–H groups in total. The van der Waals surface area contributed by atoms with Crippen LogP contribution in [0.3, 0.4) is 0 Å². The van der Waals surface area contributed by atoms with Gasteiger partial charge in [0, 0.05) is 34.4 Å². The van der Waals surface area contributed by atoms with E-state index in [1.807, 2.05) is 0 Å². The minimum absolute atomic E-state index is 0.00315. The van der Waals surface area contributed by atoms with E-state index in [0.717, 1.165) is 6.07 Å². The van der Waals surface area contributed by atoms with Crippen molar-refractivity contribution in [2.45, 2.75) is 18.9 Å². The molecule has 0 unspecified atom stereocenters. The molecule has 1 aromatic rings. The van der Waals surface area contributed by atoms with Gasteiger partial charge in [0.25, 0.3) is 5.91 Å². The van der Waals surface area contributed by atoms with E-state index in [-0.39, 0.29) is 29.0 Å². The fraction of sp³-hybridized carbons (Fsp3) is 0.417. The topological polar surface area (TPSA) is 86.6 Å². The largest absolute Gasteiger partial charge is 0.508 e. The zero-order chi connectivity index (χ0) is 13.1. The van der Waals surface area contributed by atoms with Crippen LogP contribution >= 0.6 is 0 Å². The van der Waals surface area contributed by atoms with Crippen molar-refractivity contribution in [3.63, 3.8) is 0 Å². The summed E-state index contributed by atoms with van der Waals surface area (Å²) >= 11 is 0. The Labute approximate surface area is 107 Å². The summed E-state index contributed by atoms with van der Waals surface area (Å²) in [6, 6.07) is 3.86. The molecule has 18 heavy (non-hydrogen) atoms. The van der Waals surface area contributed by atoms with Crippen molar-refractivity contribution in [3.8, 4) is 11.5 Å². The van der Waals surface area contributed by atoms with Crippen molar-refractivity contribution < 1.29 is 19.2 Å². The maximum Gasteiger partial charge on any atom is 0.255 e. The number of hydrogen-bond acceptors (Lipinski definition) is 4. The van der Waals surface area contributed by atoms with Gasteiger partial charge in [-0.1, -0.05) is 0 Å². The van der Waals surface area contributed by atoms with E-state index in [2.05, 4.69) is 5.32 Å². The summed E-state index contributed by atoms with van der Waals surface area (Å²) in [6.07, 6.45) is 1.38. The van der Waals surface area contributed by atoms with Crippen molar-refractivity contribution >= 4 is 16.7 Å². The minimum atomic E-state index is -0.761. The lowest BCUT2D eigenvalue weighted by Gasteiger charge is -2.22. The molecule has 0 saturated carbocycles. The molecule has 1 amide bonds. The number of aromatic hydroxyl groups is 2. The molecule has 0 atom stereocenters. The highest BCUT2D eigenvalue weighted by molar-refractivity contribution is 7.85. The predicted octanol–water partition coefficient (Wildman–Crippen LogP) is 0.739. The fourth-order valence-electron chi connectivity index (χ4n) is 1.91. The summed E-state index contributed by atoms with van der Waals surface area (Å²) in [4.78, 5) is 11.9. The van der Waals surface area contributed by atoms with Crippen molar-refractivity contribution in [1.82, 2.24) is 5.32 Å². The SMILES string of the molecule is O=C(NC1CCS(=O)CC1)c1ccc(O)cc1O. The van der Waals surface area contributed by atoms with Gasteiger partial charge in [-0.3, -0.25) is 9.00 Å². The highest BCUT2D eigenvalue weighted by Crippen LogP contribution is 2.22. The Morgan fingerprint density at radius 2 is 1.94 bits per heavy atom. The molecule has 2 rings (SSSR count). The van der Waals surface area contributed by atoms with E-state index in [1.54, 1.807) is 0 Å². The molecule has 0 radical (unpaired) electrons.